The van der Waals surface area contributed by atoms with Crippen molar-refractivity contribution in [3.05, 3.63) is 65.8 Å². The van der Waals surface area contributed by atoms with Crippen LogP contribution in [0.3, 0.4) is 0 Å². The topological polar surface area (TPSA) is 69.2 Å². The highest BCUT2D eigenvalue weighted by atomic mass is 32.1. The third-order valence-corrected chi connectivity index (χ3v) is 4.57. The molecule has 4 rings (SSSR count). The Morgan fingerprint density at radius 1 is 0.962 bits per heavy atom. The van der Waals surface area contributed by atoms with E-state index in [9.17, 15) is 0 Å². The van der Waals surface area contributed by atoms with Crippen molar-refractivity contribution >= 4 is 33.1 Å². The molecule has 0 aliphatic rings. The van der Waals surface area contributed by atoms with Gasteiger partial charge >= 0.3 is 0 Å². The number of benzene rings is 2. The monoisotopic (exact) mass is 364 g/mol. The molecule has 0 saturated heterocycles. The van der Waals surface area contributed by atoms with Gasteiger partial charge in [-0.3, -0.25) is 4.98 Å². The number of anilines is 2. The quantitative estimate of drug-likeness (QED) is 0.546. The van der Waals surface area contributed by atoms with Gasteiger partial charge in [-0.05, 0) is 24.3 Å². The average Bonchev–Trinajstić information content (AvgIpc) is 3.14. The average molecular weight is 364 g/mol. The summed E-state index contributed by atoms with van der Waals surface area (Å²) in [6.45, 7) is 0.334. The normalized spacial score (nSPS) is 10.7. The van der Waals surface area contributed by atoms with Gasteiger partial charge < -0.3 is 14.8 Å². The van der Waals surface area contributed by atoms with Crippen molar-refractivity contribution in [2.75, 3.05) is 12.4 Å². The molecule has 26 heavy (non-hydrogen) atoms. The molecule has 2 heterocycles. The highest BCUT2D eigenvalue weighted by Gasteiger charge is 2.09. The van der Waals surface area contributed by atoms with Crippen LogP contribution in [0.4, 0.5) is 10.8 Å². The summed E-state index contributed by atoms with van der Waals surface area (Å²) in [5, 5.41) is 14.1. The van der Waals surface area contributed by atoms with Gasteiger partial charge in [-0.15, -0.1) is 10.2 Å². The molecule has 0 bridgehead atoms. The van der Waals surface area contributed by atoms with Crippen LogP contribution in [-0.2, 0) is 6.61 Å². The van der Waals surface area contributed by atoms with E-state index in [1.807, 2.05) is 54.6 Å². The summed E-state index contributed by atoms with van der Waals surface area (Å²) in [5.74, 6) is 1.49. The van der Waals surface area contributed by atoms with E-state index >= 15 is 0 Å². The van der Waals surface area contributed by atoms with Gasteiger partial charge in [-0.2, -0.15) is 0 Å². The second-order valence-electron chi connectivity index (χ2n) is 5.45. The summed E-state index contributed by atoms with van der Waals surface area (Å²) in [5.41, 5.74) is 1.68. The van der Waals surface area contributed by atoms with Crippen LogP contribution in [0, 0.1) is 0 Å². The lowest BCUT2D eigenvalue weighted by Gasteiger charge is -2.07. The van der Waals surface area contributed by atoms with Gasteiger partial charge in [0.15, 0.2) is 5.01 Å². The van der Waals surface area contributed by atoms with Crippen molar-refractivity contribution in [3.8, 4) is 11.5 Å². The van der Waals surface area contributed by atoms with Gasteiger partial charge in [0.1, 0.15) is 23.6 Å². The third-order valence-electron chi connectivity index (χ3n) is 3.76. The number of hydrogen-bond acceptors (Lipinski definition) is 7. The van der Waals surface area contributed by atoms with E-state index in [1.54, 1.807) is 13.3 Å². The molecule has 2 aromatic heterocycles. The van der Waals surface area contributed by atoms with Crippen LogP contribution < -0.4 is 14.8 Å². The number of nitrogens with one attached hydrogen (secondary N) is 1. The van der Waals surface area contributed by atoms with Crippen molar-refractivity contribution in [2.45, 2.75) is 6.61 Å². The Labute approximate surface area is 154 Å². The Kier molecular flexibility index (Phi) is 4.61. The zero-order valence-corrected chi connectivity index (χ0v) is 14.9. The zero-order chi connectivity index (χ0) is 17.8. The molecule has 0 unspecified atom stereocenters. The first-order valence-electron chi connectivity index (χ1n) is 8.02. The van der Waals surface area contributed by atoms with Crippen LogP contribution in [0.25, 0.3) is 10.9 Å². The number of nitrogens with zero attached hydrogens (tertiary/aromatic N) is 3. The summed E-state index contributed by atoms with van der Waals surface area (Å²) in [4.78, 5) is 4.39. The predicted molar refractivity (Wildman–Crippen MR) is 102 cm³/mol. The lowest BCUT2D eigenvalue weighted by molar-refractivity contribution is 0.307. The number of ether oxygens (including phenoxy) is 2. The first kappa shape index (κ1) is 16.3. The molecule has 0 saturated carbocycles. The number of methoxy groups -OCH3 is 1. The van der Waals surface area contributed by atoms with E-state index in [-0.39, 0.29) is 0 Å². The molecule has 130 valence electrons. The molecule has 2 aromatic carbocycles. The summed E-state index contributed by atoms with van der Waals surface area (Å²) in [6.07, 6.45) is 1.76. The van der Waals surface area contributed by atoms with Crippen molar-refractivity contribution in [2.24, 2.45) is 0 Å². The second kappa shape index (κ2) is 7.37. The van der Waals surface area contributed by atoms with Gasteiger partial charge in [0.05, 0.1) is 12.8 Å². The van der Waals surface area contributed by atoms with Crippen molar-refractivity contribution in [3.63, 3.8) is 0 Å². The van der Waals surface area contributed by atoms with Gasteiger partial charge in [-0.25, -0.2) is 0 Å². The molecular weight excluding hydrogens is 348 g/mol. The number of hydrogen-bond donors (Lipinski definition) is 1. The zero-order valence-electron chi connectivity index (χ0n) is 14.0. The lowest BCUT2D eigenvalue weighted by Crippen LogP contribution is -1.96. The van der Waals surface area contributed by atoms with Gasteiger partial charge in [0, 0.05) is 11.6 Å². The maximum Gasteiger partial charge on any atom is 0.210 e. The minimum absolute atomic E-state index is 0.334. The lowest BCUT2D eigenvalue weighted by atomic mass is 10.2. The maximum absolute atomic E-state index is 5.91. The molecule has 6 nitrogen and oxygen atoms in total. The molecular formula is C19H16N4O2S. The van der Waals surface area contributed by atoms with Crippen LogP contribution in [0.2, 0.25) is 0 Å². The van der Waals surface area contributed by atoms with Gasteiger partial charge in [0.25, 0.3) is 0 Å². The van der Waals surface area contributed by atoms with E-state index in [4.69, 9.17) is 9.47 Å². The summed E-state index contributed by atoms with van der Waals surface area (Å²) in [7, 11) is 1.64. The number of aromatic nitrogens is 3. The van der Waals surface area contributed by atoms with Crippen LogP contribution >= 0.6 is 11.3 Å². The smallest absolute Gasteiger partial charge is 0.210 e. The van der Waals surface area contributed by atoms with E-state index in [0.29, 0.717) is 11.7 Å². The van der Waals surface area contributed by atoms with Crippen LogP contribution in [0.1, 0.15) is 5.01 Å². The highest BCUT2D eigenvalue weighted by molar-refractivity contribution is 7.15. The molecule has 0 amide bonds. The van der Waals surface area contributed by atoms with E-state index in [0.717, 1.165) is 33.1 Å². The Morgan fingerprint density at radius 3 is 2.73 bits per heavy atom. The van der Waals surface area contributed by atoms with Crippen LogP contribution in [0.15, 0.2) is 60.8 Å². The molecule has 0 atom stereocenters. The number of fused-ring (bicyclic) bond motifs is 1. The Hall–Kier alpha value is -3.19. The predicted octanol–water partition coefficient (Wildman–Crippen LogP) is 4.42. The number of para-hydroxylation sites is 3. The first-order chi connectivity index (χ1) is 12.8. The fourth-order valence-electron chi connectivity index (χ4n) is 2.56. The van der Waals surface area contributed by atoms with Crippen molar-refractivity contribution in [1.82, 2.24) is 15.2 Å². The SMILES string of the molecule is COc1ccccc1Nc1nnc(COc2cccc3cccnc23)s1. The maximum atomic E-state index is 5.91. The highest BCUT2D eigenvalue weighted by Crippen LogP contribution is 2.29. The van der Waals surface area contributed by atoms with Gasteiger partial charge in [-0.1, -0.05) is 41.7 Å². The Morgan fingerprint density at radius 2 is 1.81 bits per heavy atom. The van der Waals surface area contributed by atoms with E-state index < -0.39 is 0 Å². The molecule has 0 aliphatic heterocycles. The molecule has 7 heteroatoms. The minimum Gasteiger partial charge on any atom is -0.495 e. The summed E-state index contributed by atoms with van der Waals surface area (Å²) >= 11 is 1.44. The van der Waals surface area contributed by atoms with Crippen LogP contribution in [0.5, 0.6) is 11.5 Å². The summed E-state index contributed by atoms with van der Waals surface area (Å²) < 4.78 is 11.2. The van der Waals surface area contributed by atoms with Gasteiger partial charge in [0.2, 0.25) is 5.13 Å². The van der Waals surface area contributed by atoms with E-state index in [1.165, 1.54) is 11.3 Å². The minimum atomic E-state index is 0.334. The van der Waals surface area contributed by atoms with Crippen molar-refractivity contribution < 1.29 is 9.47 Å². The fourth-order valence-corrected chi connectivity index (χ4v) is 3.22. The van der Waals surface area contributed by atoms with Crippen LogP contribution in [-0.4, -0.2) is 22.3 Å². The molecule has 1 N–H and O–H groups in total. The molecule has 0 spiro atoms. The second-order valence-corrected chi connectivity index (χ2v) is 6.51. The Bertz CT molecular complexity index is 1030. The standard InChI is InChI=1S/C19H16N4O2S/c1-24-15-9-3-2-8-14(15)21-19-23-22-17(26-19)12-25-16-10-4-6-13-7-5-11-20-18(13)16/h2-11H,12H2,1H3,(H,21,23). The molecule has 4 aromatic rings. The largest absolute Gasteiger partial charge is 0.495 e. The fraction of sp³-hybridized carbons (Fsp3) is 0.105. The Balaban J connectivity index is 1.47. The number of rotatable bonds is 6. The third kappa shape index (κ3) is 3.43. The molecule has 0 aliphatic carbocycles. The van der Waals surface area contributed by atoms with E-state index in [2.05, 4.69) is 20.5 Å². The first-order valence-corrected chi connectivity index (χ1v) is 8.84. The van der Waals surface area contributed by atoms with Crippen molar-refractivity contribution in [1.29, 1.82) is 0 Å². The molecule has 0 radical (unpaired) electrons. The number of pyridine rings is 1. The molecule has 0 fully saturated rings. The summed E-state index contributed by atoms with van der Waals surface area (Å²) in [6, 6.07) is 17.5.